The van der Waals surface area contributed by atoms with Crippen LogP contribution in [0.4, 0.5) is 4.39 Å². The molecule has 0 aliphatic carbocycles. The summed E-state index contributed by atoms with van der Waals surface area (Å²) in [7, 11) is 0. The van der Waals surface area contributed by atoms with Crippen LogP contribution in [0.25, 0.3) is 11.1 Å². The number of rotatable bonds is 11. The van der Waals surface area contributed by atoms with E-state index in [1.165, 1.54) is 10.6 Å². The SMILES string of the molecule is Cc1cccc(F)c1Cn1c(C)c(-c2ccccc2Cl)c(=O)n(C[C@H](NCCCC(=O)O)c2ccccc2)c1=O. The number of carbonyl (C=O) groups is 1. The van der Waals surface area contributed by atoms with Crippen molar-refractivity contribution in [3.05, 3.63) is 127 Å². The van der Waals surface area contributed by atoms with Gasteiger partial charge in [-0.2, -0.15) is 0 Å². The molecule has 0 radical (unpaired) electrons. The lowest BCUT2D eigenvalue weighted by Crippen LogP contribution is -2.45. The summed E-state index contributed by atoms with van der Waals surface area (Å²) in [6.45, 7) is 3.72. The Bertz CT molecular complexity index is 1610. The Hall–Kier alpha value is -4.01. The Kier molecular flexibility index (Phi) is 9.34. The molecule has 40 heavy (non-hydrogen) atoms. The van der Waals surface area contributed by atoms with Crippen LogP contribution in [0.3, 0.4) is 0 Å². The maximum Gasteiger partial charge on any atom is 0.331 e. The summed E-state index contributed by atoms with van der Waals surface area (Å²) < 4.78 is 17.4. The van der Waals surface area contributed by atoms with Crippen LogP contribution in [0.1, 0.15) is 41.3 Å². The standard InChI is InChI=1S/C31H31ClFN3O4/c1-20-10-8-15-26(33)24(20)18-35-21(2)29(23-13-6-7-14-25(23)32)30(39)36(31(35)40)19-27(22-11-4-3-5-12-22)34-17-9-16-28(37)38/h3-8,10-15,27,34H,9,16-19H2,1-2H3,(H,37,38)/t27-/m0/s1. The van der Waals surface area contributed by atoms with Gasteiger partial charge < -0.3 is 10.4 Å². The van der Waals surface area contributed by atoms with Crippen molar-refractivity contribution in [2.24, 2.45) is 0 Å². The van der Waals surface area contributed by atoms with E-state index in [1.54, 1.807) is 50.2 Å². The topological polar surface area (TPSA) is 93.3 Å². The molecule has 3 aromatic carbocycles. The van der Waals surface area contributed by atoms with E-state index in [1.807, 2.05) is 30.3 Å². The molecule has 0 aliphatic rings. The van der Waals surface area contributed by atoms with E-state index in [0.717, 1.165) is 10.1 Å². The third-order valence-electron chi connectivity index (χ3n) is 7.03. The summed E-state index contributed by atoms with van der Waals surface area (Å²) in [5, 5.41) is 12.7. The molecule has 9 heteroatoms. The number of carboxylic acids is 1. The van der Waals surface area contributed by atoms with Crippen LogP contribution in [0.5, 0.6) is 0 Å². The number of nitrogens with one attached hydrogen (secondary N) is 1. The Morgan fingerprint density at radius 2 is 1.68 bits per heavy atom. The number of benzene rings is 3. The van der Waals surface area contributed by atoms with E-state index in [4.69, 9.17) is 16.7 Å². The maximum absolute atomic E-state index is 14.9. The van der Waals surface area contributed by atoms with Gasteiger partial charge in [-0.15, -0.1) is 0 Å². The second-order valence-corrected chi connectivity index (χ2v) is 10.1. The summed E-state index contributed by atoms with van der Waals surface area (Å²) in [4.78, 5) is 39.0. The molecular weight excluding hydrogens is 533 g/mol. The van der Waals surface area contributed by atoms with Crippen molar-refractivity contribution >= 4 is 17.6 Å². The van der Waals surface area contributed by atoms with Crippen molar-refractivity contribution in [2.45, 2.75) is 45.8 Å². The van der Waals surface area contributed by atoms with Gasteiger partial charge in [0.05, 0.1) is 24.7 Å². The van der Waals surface area contributed by atoms with Gasteiger partial charge in [0.1, 0.15) is 5.82 Å². The summed E-state index contributed by atoms with van der Waals surface area (Å²) in [6.07, 6.45) is 0.369. The highest BCUT2D eigenvalue weighted by Gasteiger charge is 2.23. The van der Waals surface area contributed by atoms with E-state index >= 15 is 0 Å². The van der Waals surface area contributed by atoms with Crippen LogP contribution in [0, 0.1) is 19.7 Å². The summed E-state index contributed by atoms with van der Waals surface area (Å²) in [5.41, 5.74) is 1.91. The van der Waals surface area contributed by atoms with E-state index in [-0.39, 0.29) is 25.1 Å². The number of carboxylic acid groups (broad SMARTS) is 1. The third-order valence-corrected chi connectivity index (χ3v) is 7.35. The van der Waals surface area contributed by atoms with Gasteiger partial charge in [-0.25, -0.2) is 9.18 Å². The maximum atomic E-state index is 14.9. The smallest absolute Gasteiger partial charge is 0.331 e. The predicted octanol–water partition coefficient (Wildman–Crippen LogP) is 5.33. The fourth-order valence-corrected chi connectivity index (χ4v) is 5.05. The minimum Gasteiger partial charge on any atom is -0.481 e. The van der Waals surface area contributed by atoms with Crippen molar-refractivity contribution in [3.8, 4) is 11.1 Å². The minimum absolute atomic E-state index is 0.00948. The molecule has 0 fully saturated rings. The van der Waals surface area contributed by atoms with Crippen LogP contribution >= 0.6 is 11.6 Å². The molecule has 1 atom stereocenters. The quantitative estimate of drug-likeness (QED) is 0.241. The van der Waals surface area contributed by atoms with Crippen molar-refractivity contribution in [2.75, 3.05) is 6.54 Å². The van der Waals surface area contributed by atoms with Crippen LogP contribution in [-0.2, 0) is 17.9 Å². The zero-order valence-electron chi connectivity index (χ0n) is 22.4. The Labute approximate surface area is 236 Å². The van der Waals surface area contributed by atoms with Crippen LogP contribution in [-0.4, -0.2) is 26.8 Å². The number of aliphatic carboxylic acids is 1. The average Bonchev–Trinajstić information content (AvgIpc) is 2.93. The number of hydrogen-bond acceptors (Lipinski definition) is 4. The Balaban J connectivity index is 1.88. The lowest BCUT2D eigenvalue weighted by atomic mass is 10.0. The van der Waals surface area contributed by atoms with Gasteiger partial charge in [0, 0.05) is 28.3 Å². The van der Waals surface area contributed by atoms with Crippen molar-refractivity contribution in [1.82, 2.24) is 14.5 Å². The van der Waals surface area contributed by atoms with Crippen LogP contribution < -0.4 is 16.6 Å². The van der Waals surface area contributed by atoms with E-state index in [2.05, 4.69) is 5.32 Å². The van der Waals surface area contributed by atoms with Gasteiger partial charge in [-0.05, 0) is 50.1 Å². The van der Waals surface area contributed by atoms with Crippen LogP contribution in [0.2, 0.25) is 5.02 Å². The lowest BCUT2D eigenvalue weighted by Gasteiger charge is -2.23. The first kappa shape index (κ1) is 29.0. The normalized spacial score (nSPS) is 11.9. The molecule has 2 N–H and O–H groups in total. The molecule has 208 valence electrons. The fourth-order valence-electron chi connectivity index (χ4n) is 4.82. The predicted molar refractivity (Wildman–Crippen MR) is 154 cm³/mol. The highest BCUT2D eigenvalue weighted by Crippen LogP contribution is 2.28. The van der Waals surface area contributed by atoms with Crippen molar-refractivity contribution in [3.63, 3.8) is 0 Å². The lowest BCUT2D eigenvalue weighted by molar-refractivity contribution is -0.137. The van der Waals surface area contributed by atoms with E-state index in [9.17, 15) is 18.8 Å². The summed E-state index contributed by atoms with van der Waals surface area (Å²) in [5.74, 6) is -1.34. The molecule has 0 amide bonds. The number of aromatic nitrogens is 2. The van der Waals surface area contributed by atoms with Gasteiger partial charge in [-0.1, -0.05) is 72.3 Å². The molecule has 4 rings (SSSR count). The van der Waals surface area contributed by atoms with Gasteiger partial charge in [0.15, 0.2) is 0 Å². The molecular formula is C31H31ClFN3O4. The monoisotopic (exact) mass is 563 g/mol. The van der Waals surface area contributed by atoms with Crippen molar-refractivity contribution in [1.29, 1.82) is 0 Å². The Morgan fingerprint density at radius 1 is 0.975 bits per heavy atom. The molecule has 4 aromatic rings. The summed E-state index contributed by atoms with van der Waals surface area (Å²) >= 11 is 6.51. The molecule has 1 heterocycles. The van der Waals surface area contributed by atoms with Crippen molar-refractivity contribution < 1.29 is 14.3 Å². The first-order valence-corrected chi connectivity index (χ1v) is 13.4. The largest absolute Gasteiger partial charge is 0.481 e. The molecule has 7 nitrogen and oxygen atoms in total. The summed E-state index contributed by atoms with van der Waals surface area (Å²) in [6, 6.07) is 20.5. The zero-order chi connectivity index (χ0) is 28.8. The number of nitrogens with zero attached hydrogens (tertiary/aromatic N) is 2. The second kappa shape index (κ2) is 12.9. The minimum atomic E-state index is -0.900. The average molecular weight is 564 g/mol. The first-order chi connectivity index (χ1) is 19.2. The molecule has 0 aliphatic heterocycles. The Morgan fingerprint density at radius 3 is 2.35 bits per heavy atom. The highest BCUT2D eigenvalue weighted by atomic mass is 35.5. The molecule has 1 aromatic heterocycles. The molecule has 0 spiro atoms. The van der Waals surface area contributed by atoms with Gasteiger partial charge in [0.25, 0.3) is 5.56 Å². The molecule has 0 saturated carbocycles. The van der Waals surface area contributed by atoms with Crippen LogP contribution in [0.15, 0.2) is 82.4 Å². The molecule has 0 unspecified atom stereocenters. The fraction of sp³-hybridized carbons (Fsp3) is 0.258. The highest BCUT2D eigenvalue weighted by molar-refractivity contribution is 6.33. The number of aryl methyl sites for hydroxylation is 1. The number of hydrogen-bond donors (Lipinski definition) is 2. The first-order valence-electron chi connectivity index (χ1n) is 13.0. The van der Waals surface area contributed by atoms with Gasteiger partial charge in [-0.3, -0.25) is 18.7 Å². The van der Waals surface area contributed by atoms with E-state index in [0.29, 0.717) is 40.4 Å². The zero-order valence-corrected chi connectivity index (χ0v) is 23.1. The second-order valence-electron chi connectivity index (χ2n) is 9.67. The molecule has 0 saturated heterocycles. The van der Waals surface area contributed by atoms with Gasteiger partial charge in [0.2, 0.25) is 0 Å². The van der Waals surface area contributed by atoms with E-state index < -0.39 is 29.1 Å². The molecule has 0 bridgehead atoms. The van der Waals surface area contributed by atoms with Gasteiger partial charge >= 0.3 is 11.7 Å². The third kappa shape index (κ3) is 6.41. The number of halogens is 2.